The topological polar surface area (TPSA) is 67.6 Å². The molecule has 2 fully saturated rings. The molecule has 6 nitrogen and oxygen atoms in total. The van der Waals surface area contributed by atoms with Crippen LogP contribution in [0.2, 0.25) is 0 Å². The number of nitrogens with zero attached hydrogens (tertiary/aromatic N) is 2. The second-order valence-corrected chi connectivity index (χ2v) is 5.59. The molecular weight excluding hydrogens is 258 g/mol. The molecule has 0 bridgehead atoms. The first-order valence-corrected chi connectivity index (χ1v) is 7.27. The van der Waals surface area contributed by atoms with Gasteiger partial charge in [-0.2, -0.15) is 0 Å². The van der Waals surface area contributed by atoms with Gasteiger partial charge in [-0.1, -0.05) is 5.16 Å². The van der Waals surface area contributed by atoms with E-state index in [9.17, 15) is 4.79 Å². The molecule has 1 atom stereocenters. The van der Waals surface area contributed by atoms with Gasteiger partial charge in [-0.15, -0.1) is 0 Å². The van der Waals surface area contributed by atoms with Crippen molar-refractivity contribution in [2.75, 3.05) is 20.2 Å². The molecule has 1 saturated heterocycles. The van der Waals surface area contributed by atoms with Crippen LogP contribution in [-0.2, 0) is 11.3 Å². The van der Waals surface area contributed by atoms with E-state index in [1.807, 2.05) is 4.90 Å². The van der Waals surface area contributed by atoms with Crippen molar-refractivity contribution in [3.05, 3.63) is 17.5 Å². The molecule has 0 radical (unpaired) electrons. The van der Waals surface area contributed by atoms with E-state index in [0.717, 1.165) is 32.4 Å². The molecule has 0 spiro atoms. The van der Waals surface area contributed by atoms with Crippen LogP contribution in [0.25, 0.3) is 0 Å². The van der Waals surface area contributed by atoms with Gasteiger partial charge in [0, 0.05) is 31.8 Å². The highest BCUT2D eigenvalue weighted by atomic mass is 16.5. The molecule has 1 aliphatic carbocycles. The Labute approximate surface area is 118 Å². The molecule has 0 aromatic carbocycles. The molecule has 3 rings (SSSR count). The normalized spacial score (nSPS) is 22.1. The zero-order chi connectivity index (χ0) is 13.9. The Balaban J connectivity index is 1.67. The predicted molar refractivity (Wildman–Crippen MR) is 72.3 cm³/mol. The van der Waals surface area contributed by atoms with Crippen molar-refractivity contribution in [2.24, 2.45) is 0 Å². The van der Waals surface area contributed by atoms with Gasteiger partial charge in [0.2, 0.25) is 0 Å². The summed E-state index contributed by atoms with van der Waals surface area (Å²) in [5.74, 6) is 0.567. The van der Waals surface area contributed by atoms with Crippen LogP contribution >= 0.6 is 0 Å². The highest BCUT2D eigenvalue weighted by Gasteiger charge is 2.36. The number of carbonyl (C=O) groups excluding carboxylic acids is 1. The maximum absolute atomic E-state index is 12.6. The first-order valence-electron chi connectivity index (χ1n) is 7.27. The summed E-state index contributed by atoms with van der Waals surface area (Å²) >= 11 is 0. The quantitative estimate of drug-likeness (QED) is 0.847. The first kappa shape index (κ1) is 13.6. The largest absolute Gasteiger partial charge is 0.377 e. The molecule has 1 aromatic rings. The van der Waals surface area contributed by atoms with Crippen LogP contribution in [0, 0.1) is 0 Å². The average molecular weight is 279 g/mol. The molecule has 2 heterocycles. The molecule has 110 valence electrons. The fraction of sp³-hybridized carbons (Fsp3) is 0.714. The molecule has 1 aromatic heterocycles. The summed E-state index contributed by atoms with van der Waals surface area (Å²) < 4.78 is 10.1. The van der Waals surface area contributed by atoms with Crippen LogP contribution < -0.4 is 5.32 Å². The van der Waals surface area contributed by atoms with Crippen molar-refractivity contribution in [1.82, 2.24) is 15.4 Å². The van der Waals surface area contributed by atoms with E-state index in [1.54, 1.807) is 13.2 Å². The molecule has 1 unspecified atom stereocenters. The van der Waals surface area contributed by atoms with E-state index < -0.39 is 0 Å². The standard InChI is InChI=1S/C14H21N3O3/c1-19-9-12-7-13(16-20-12)14(18)17(11-4-5-11)8-10-3-2-6-15-10/h7,10-11,15H,2-6,8-9H2,1H3. The van der Waals surface area contributed by atoms with Gasteiger partial charge in [0.1, 0.15) is 6.61 Å². The maximum Gasteiger partial charge on any atom is 0.276 e. The molecule has 2 aliphatic rings. The lowest BCUT2D eigenvalue weighted by atomic mass is 10.2. The summed E-state index contributed by atoms with van der Waals surface area (Å²) in [7, 11) is 1.59. The maximum atomic E-state index is 12.6. The molecule has 6 heteroatoms. The zero-order valence-corrected chi connectivity index (χ0v) is 11.8. The molecule has 1 saturated carbocycles. The van der Waals surface area contributed by atoms with Crippen molar-refractivity contribution in [2.45, 2.75) is 44.4 Å². The SMILES string of the molecule is COCc1cc(C(=O)N(CC2CCCN2)C2CC2)no1. The highest BCUT2D eigenvalue weighted by molar-refractivity contribution is 5.92. The van der Waals surface area contributed by atoms with Crippen LogP contribution in [0.15, 0.2) is 10.6 Å². The van der Waals surface area contributed by atoms with Crippen LogP contribution in [-0.4, -0.2) is 48.2 Å². The lowest BCUT2D eigenvalue weighted by Crippen LogP contribution is -2.42. The van der Waals surface area contributed by atoms with Gasteiger partial charge >= 0.3 is 0 Å². The van der Waals surface area contributed by atoms with Gasteiger partial charge in [-0.05, 0) is 32.2 Å². The minimum Gasteiger partial charge on any atom is -0.377 e. The molecule has 1 N–H and O–H groups in total. The Morgan fingerprint density at radius 3 is 3.05 bits per heavy atom. The molecule has 1 amide bonds. The lowest BCUT2D eigenvalue weighted by molar-refractivity contribution is 0.0717. The van der Waals surface area contributed by atoms with Crippen LogP contribution in [0.4, 0.5) is 0 Å². The van der Waals surface area contributed by atoms with Crippen molar-refractivity contribution in [3.8, 4) is 0 Å². The number of aromatic nitrogens is 1. The van der Waals surface area contributed by atoms with Gasteiger partial charge in [-0.25, -0.2) is 0 Å². The van der Waals surface area contributed by atoms with Crippen LogP contribution in [0.3, 0.4) is 0 Å². The summed E-state index contributed by atoms with van der Waals surface area (Å²) in [6, 6.07) is 2.49. The number of methoxy groups -OCH3 is 1. The Kier molecular flexibility index (Phi) is 4.03. The second kappa shape index (κ2) is 5.93. The number of nitrogens with one attached hydrogen (secondary N) is 1. The number of amides is 1. The number of hydrogen-bond donors (Lipinski definition) is 1. The van der Waals surface area contributed by atoms with Crippen LogP contribution in [0.1, 0.15) is 41.9 Å². The highest BCUT2D eigenvalue weighted by Crippen LogP contribution is 2.29. The summed E-state index contributed by atoms with van der Waals surface area (Å²) in [6.07, 6.45) is 4.53. The minimum absolute atomic E-state index is 0.0210. The lowest BCUT2D eigenvalue weighted by Gasteiger charge is -2.24. The third-order valence-corrected chi connectivity index (χ3v) is 3.89. The Hall–Kier alpha value is -1.40. The van der Waals surface area contributed by atoms with Gasteiger partial charge in [-0.3, -0.25) is 4.79 Å². The second-order valence-electron chi connectivity index (χ2n) is 5.59. The Bertz CT molecular complexity index is 464. The van der Waals surface area contributed by atoms with Gasteiger partial charge in [0.15, 0.2) is 11.5 Å². The van der Waals surface area contributed by atoms with Crippen molar-refractivity contribution in [3.63, 3.8) is 0 Å². The van der Waals surface area contributed by atoms with Crippen molar-refractivity contribution >= 4 is 5.91 Å². The first-order chi connectivity index (χ1) is 9.78. The monoisotopic (exact) mass is 279 g/mol. The minimum atomic E-state index is -0.0210. The van der Waals surface area contributed by atoms with E-state index in [0.29, 0.717) is 30.1 Å². The Morgan fingerprint density at radius 2 is 2.40 bits per heavy atom. The van der Waals surface area contributed by atoms with E-state index in [1.165, 1.54) is 6.42 Å². The van der Waals surface area contributed by atoms with Gasteiger partial charge in [0.25, 0.3) is 5.91 Å². The zero-order valence-electron chi connectivity index (χ0n) is 11.8. The number of ether oxygens (including phenoxy) is 1. The number of carbonyl (C=O) groups is 1. The summed E-state index contributed by atoms with van der Waals surface area (Å²) in [6.45, 7) is 2.17. The molecule has 1 aliphatic heterocycles. The number of rotatable bonds is 6. The fourth-order valence-corrected chi connectivity index (χ4v) is 2.71. The van der Waals surface area contributed by atoms with Crippen molar-refractivity contribution < 1.29 is 14.1 Å². The third kappa shape index (κ3) is 3.02. The van der Waals surface area contributed by atoms with E-state index in [4.69, 9.17) is 9.26 Å². The predicted octanol–water partition coefficient (Wildman–Crippen LogP) is 1.18. The van der Waals surface area contributed by atoms with E-state index in [2.05, 4.69) is 10.5 Å². The smallest absolute Gasteiger partial charge is 0.276 e. The van der Waals surface area contributed by atoms with E-state index in [-0.39, 0.29) is 5.91 Å². The third-order valence-electron chi connectivity index (χ3n) is 3.89. The summed E-state index contributed by atoms with van der Waals surface area (Å²) in [5, 5.41) is 7.32. The van der Waals surface area contributed by atoms with Crippen molar-refractivity contribution in [1.29, 1.82) is 0 Å². The van der Waals surface area contributed by atoms with Gasteiger partial charge < -0.3 is 19.5 Å². The van der Waals surface area contributed by atoms with Gasteiger partial charge in [0.05, 0.1) is 0 Å². The average Bonchev–Trinajstić information content (AvgIpc) is 2.97. The molecule has 20 heavy (non-hydrogen) atoms. The summed E-state index contributed by atoms with van der Waals surface area (Å²) in [4.78, 5) is 14.5. The molecular formula is C14H21N3O3. The van der Waals surface area contributed by atoms with E-state index >= 15 is 0 Å². The number of hydrogen-bond acceptors (Lipinski definition) is 5. The Morgan fingerprint density at radius 1 is 1.55 bits per heavy atom. The fourth-order valence-electron chi connectivity index (χ4n) is 2.71. The summed E-state index contributed by atoms with van der Waals surface area (Å²) in [5.41, 5.74) is 0.391. The van der Waals surface area contributed by atoms with Crippen LogP contribution in [0.5, 0.6) is 0 Å².